The third-order valence-corrected chi connectivity index (χ3v) is 3.39. The van der Waals surface area contributed by atoms with Crippen molar-refractivity contribution < 1.29 is 9.47 Å². The zero-order valence-electron chi connectivity index (χ0n) is 12.9. The van der Waals surface area contributed by atoms with Crippen molar-refractivity contribution in [2.45, 2.75) is 39.2 Å². The minimum absolute atomic E-state index is 0.0560. The summed E-state index contributed by atoms with van der Waals surface area (Å²) in [6.45, 7) is 10.9. The lowest BCUT2D eigenvalue weighted by atomic mass is 9.88. The van der Waals surface area contributed by atoms with Crippen LogP contribution in [0.1, 0.15) is 33.6 Å². The summed E-state index contributed by atoms with van der Waals surface area (Å²) in [6, 6.07) is 0. The van der Waals surface area contributed by atoms with E-state index < -0.39 is 0 Å². The first-order valence-electron chi connectivity index (χ1n) is 6.93. The molecule has 0 amide bonds. The second-order valence-corrected chi connectivity index (χ2v) is 5.63. The highest BCUT2D eigenvalue weighted by Crippen LogP contribution is 2.23. The van der Waals surface area contributed by atoms with E-state index in [1.165, 1.54) is 0 Å². The molecule has 4 nitrogen and oxygen atoms in total. The van der Waals surface area contributed by atoms with Crippen LogP contribution < -0.4 is 5.73 Å². The molecule has 0 bridgehead atoms. The van der Waals surface area contributed by atoms with E-state index in [4.69, 9.17) is 15.2 Å². The van der Waals surface area contributed by atoms with Crippen molar-refractivity contribution >= 4 is 0 Å². The molecule has 1 atom stereocenters. The molecule has 0 fully saturated rings. The smallest absolute Gasteiger partial charge is 0.0589 e. The second kappa shape index (κ2) is 9.73. The van der Waals surface area contributed by atoms with Crippen LogP contribution in [0.25, 0.3) is 0 Å². The quantitative estimate of drug-likeness (QED) is 0.575. The topological polar surface area (TPSA) is 47.7 Å². The first kappa shape index (κ1) is 17.8. The van der Waals surface area contributed by atoms with E-state index in [0.717, 1.165) is 39.1 Å². The average molecular weight is 260 g/mol. The van der Waals surface area contributed by atoms with E-state index in [1.807, 2.05) is 0 Å². The van der Waals surface area contributed by atoms with Gasteiger partial charge in [-0.05, 0) is 25.7 Å². The van der Waals surface area contributed by atoms with Crippen molar-refractivity contribution in [1.82, 2.24) is 4.90 Å². The van der Waals surface area contributed by atoms with Crippen LogP contribution in [0.5, 0.6) is 0 Å². The Kier molecular flexibility index (Phi) is 9.64. The largest absolute Gasteiger partial charge is 0.385 e. The van der Waals surface area contributed by atoms with E-state index in [1.54, 1.807) is 14.2 Å². The summed E-state index contributed by atoms with van der Waals surface area (Å²) in [7, 11) is 3.49. The molecule has 0 saturated heterocycles. The van der Waals surface area contributed by atoms with Gasteiger partial charge in [0.1, 0.15) is 0 Å². The average Bonchev–Trinajstić information content (AvgIpc) is 2.32. The Morgan fingerprint density at radius 1 is 1.11 bits per heavy atom. The zero-order chi connectivity index (χ0) is 14.0. The number of methoxy groups -OCH3 is 2. The second-order valence-electron chi connectivity index (χ2n) is 5.63. The summed E-state index contributed by atoms with van der Waals surface area (Å²) < 4.78 is 10.3. The van der Waals surface area contributed by atoms with Crippen LogP contribution in [0.2, 0.25) is 0 Å². The van der Waals surface area contributed by atoms with Crippen LogP contribution >= 0.6 is 0 Å². The summed E-state index contributed by atoms with van der Waals surface area (Å²) in [5.74, 6) is 0.644. The maximum Gasteiger partial charge on any atom is 0.0589 e. The van der Waals surface area contributed by atoms with Gasteiger partial charge in [-0.2, -0.15) is 0 Å². The normalized spacial score (nSPS) is 15.3. The molecule has 0 heterocycles. The highest BCUT2D eigenvalue weighted by Gasteiger charge is 2.30. The summed E-state index contributed by atoms with van der Waals surface area (Å²) in [6.07, 6.45) is 2.15. The van der Waals surface area contributed by atoms with Crippen LogP contribution in [0.3, 0.4) is 0 Å². The van der Waals surface area contributed by atoms with Gasteiger partial charge in [-0.15, -0.1) is 0 Å². The highest BCUT2D eigenvalue weighted by atomic mass is 16.5. The van der Waals surface area contributed by atoms with E-state index in [-0.39, 0.29) is 5.54 Å². The Hall–Kier alpha value is -0.160. The molecule has 0 aliphatic rings. The van der Waals surface area contributed by atoms with Gasteiger partial charge in [0.05, 0.1) is 6.61 Å². The molecule has 0 saturated carbocycles. The van der Waals surface area contributed by atoms with Crippen LogP contribution in [-0.2, 0) is 9.47 Å². The molecular weight excluding hydrogens is 228 g/mol. The number of nitrogens with zero attached hydrogens (tertiary/aromatic N) is 1. The molecule has 0 spiro atoms. The van der Waals surface area contributed by atoms with Crippen LogP contribution in [0, 0.1) is 5.92 Å². The number of nitrogens with two attached hydrogens (primary N) is 1. The number of ether oxygens (including phenoxy) is 2. The minimum Gasteiger partial charge on any atom is -0.385 e. The van der Waals surface area contributed by atoms with Crippen molar-refractivity contribution in [2.24, 2.45) is 11.7 Å². The van der Waals surface area contributed by atoms with Gasteiger partial charge >= 0.3 is 0 Å². The summed E-state index contributed by atoms with van der Waals surface area (Å²) in [5, 5.41) is 0. The Labute approximate surface area is 113 Å². The van der Waals surface area contributed by atoms with Gasteiger partial charge in [0.15, 0.2) is 0 Å². The van der Waals surface area contributed by atoms with Crippen molar-refractivity contribution in [1.29, 1.82) is 0 Å². The van der Waals surface area contributed by atoms with Crippen LogP contribution in [0.4, 0.5) is 0 Å². The summed E-state index contributed by atoms with van der Waals surface area (Å²) >= 11 is 0. The molecule has 18 heavy (non-hydrogen) atoms. The Balaban J connectivity index is 4.53. The third-order valence-electron chi connectivity index (χ3n) is 3.39. The molecule has 4 heteroatoms. The molecule has 2 N–H and O–H groups in total. The van der Waals surface area contributed by atoms with E-state index in [2.05, 4.69) is 25.7 Å². The zero-order valence-corrected chi connectivity index (χ0v) is 12.9. The monoisotopic (exact) mass is 260 g/mol. The molecule has 0 rings (SSSR count). The first-order chi connectivity index (χ1) is 8.50. The lowest BCUT2D eigenvalue weighted by molar-refractivity contribution is 0.0490. The minimum atomic E-state index is 0.0560. The van der Waals surface area contributed by atoms with Gasteiger partial charge < -0.3 is 15.2 Å². The summed E-state index contributed by atoms with van der Waals surface area (Å²) in [5.41, 5.74) is 6.07. The highest BCUT2D eigenvalue weighted by molar-refractivity contribution is 4.88. The predicted molar refractivity (Wildman–Crippen MR) is 76.9 cm³/mol. The van der Waals surface area contributed by atoms with Crippen LogP contribution in [0.15, 0.2) is 0 Å². The van der Waals surface area contributed by atoms with Crippen molar-refractivity contribution in [3.63, 3.8) is 0 Å². The molecule has 0 radical (unpaired) electrons. The SMILES string of the molecule is COCCCN(CCOC)C(C)(CN)CC(C)C. The van der Waals surface area contributed by atoms with Gasteiger partial charge in [0.25, 0.3) is 0 Å². The van der Waals surface area contributed by atoms with Crippen molar-refractivity contribution in [3.05, 3.63) is 0 Å². The molecule has 0 aromatic heterocycles. The fraction of sp³-hybridized carbons (Fsp3) is 1.00. The van der Waals surface area contributed by atoms with Gasteiger partial charge in [-0.1, -0.05) is 13.8 Å². The number of hydrogen-bond donors (Lipinski definition) is 1. The van der Waals surface area contributed by atoms with Crippen molar-refractivity contribution in [2.75, 3.05) is 47.1 Å². The standard InChI is InChI=1S/C14H32N2O2/c1-13(2)11-14(3,12-15)16(8-10-18-5)7-6-9-17-4/h13H,6-12,15H2,1-5H3. The molecule has 1 unspecified atom stereocenters. The lowest BCUT2D eigenvalue weighted by Crippen LogP contribution is -2.54. The number of hydrogen-bond acceptors (Lipinski definition) is 4. The molecule has 0 aliphatic carbocycles. The van der Waals surface area contributed by atoms with Crippen molar-refractivity contribution in [3.8, 4) is 0 Å². The maximum absolute atomic E-state index is 6.02. The summed E-state index contributed by atoms with van der Waals surface area (Å²) in [4.78, 5) is 2.45. The Morgan fingerprint density at radius 2 is 1.72 bits per heavy atom. The fourth-order valence-electron chi connectivity index (χ4n) is 2.47. The van der Waals surface area contributed by atoms with Crippen LogP contribution in [-0.4, -0.2) is 57.5 Å². The van der Waals surface area contributed by atoms with Gasteiger partial charge in [0, 0.05) is 46.0 Å². The Morgan fingerprint density at radius 3 is 2.17 bits per heavy atom. The third kappa shape index (κ3) is 6.69. The fourth-order valence-corrected chi connectivity index (χ4v) is 2.47. The van der Waals surface area contributed by atoms with E-state index >= 15 is 0 Å². The molecule has 0 aromatic carbocycles. The molecular formula is C14H32N2O2. The predicted octanol–water partition coefficient (Wildman–Crippen LogP) is 1.73. The van der Waals surface area contributed by atoms with Gasteiger partial charge in [0.2, 0.25) is 0 Å². The van der Waals surface area contributed by atoms with Gasteiger partial charge in [-0.3, -0.25) is 4.90 Å². The molecule has 110 valence electrons. The van der Waals surface area contributed by atoms with Gasteiger partial charge in [-0.25, -0.2) is 0 Å². The van der Waals surface area contributed by atoms with E-state index in [0.29, 0.717) is 12.5 Å². The molecule has 0 aromatic rings. The molecule has 0 aliphatic heterocycles. The Bertz CT molecular complexity index is 200. The first-order valence-corrected chi connectivity index (χ1v) is 6.93. The maximum atomic E-state index is 6.02. The number of rotatable bonds is 11. The lowest BCUT2D eigenvalue weighted by Gasteiger charge is -2.42. The van der Waals surface area contributed by atoms with E-state index in [9.17, 15) is 0 Å².